The van der Waals surface area contributed by atoms with Crippen LogP contribution in [0, 0.1) is 0 Å². The van der Waals surface area contributed by atoms with E-state index in [1.807, 2.05) is 18.2 Å². The van der Waals surface area contributed by atoms with Gasteiger partial charge in [0.25, 0.3) is 0 Å². The first-order valence-electron chi connectivity index (χ1n) is 5.78. The average Bonchev–Trinajstić information content (AvgIpc) is 2.30. The molecule has 1 aromatic rings. The molecule has 0 aliphatic carbocycles. The minimum atomic E-state index is 0.418. The SMILES string of the molecule is NC(=S)c1ccc(NN2CCCCC2)cc1Br. The summed E-state index contributed by atoms with van der Waals surface area (Å²) in [5, 5.41) is 2.26. The third-order valence-electron chi connectivity index (χ3n) is 2.88. The van der Waals surface area contributed by atoms with E-state index in [2.05, 4.69) is 26.4 Å². The second-order valence-electron chi connectivity index (χ2n) is 4.22. The van der Waals surface area contributed by atoms with E-state index in [0.717, 1.165) is 28.8 Å². The second kappa shape index (κ2) is 5.80. The van der Waals surface area contributed by atoms with Crippen molar-refractivity contribution in [2.75, 3.05) is 18.5 Å². The van der Waals surface area contributed by atoms with Gasteiger partial charge in [-0.3, -0.25) is 0 Å². The molecule has 0 saturated carbocycles. The number of nitrogens with zero attached hydrogens (tertiary/aromatic N) is 1. The van der Waals surface area contributed by atoms with Gasteiger partial charge in [-0.25, -0.2) is 5.01 Å². The van der Waals surface area contributed by atoms with Gasteiger partial charge < -0.3 is 11.2 Å². The highest BCUT2D eigenvalue weighted by Gasteiger charge is 2.10. The molecule has 1 aliphatic heterocycles. The number of nitrogens with one attached hydrogen (secondary N) is 1. The summed E-state index contributed by atoms with van der Waals surface area (Å²) < 4.78 is 0.937. The number of nitrogens with two attached hydrogens (primary N) is 1. The molecule has 1 heterocycles. The summed E-state index contributed by atoms with van der Waals surface area (Å²) >= 11 is 8.46. The third kappa shape index (κ3) is 3.40. The van der Waals surface area contributed by atoms with Crippen LogP contribution in [-0.4, -0.2) is 23.1 Å². The molecule has 17 heavy (non-hydrogen) atoms. The van der Waals surface area contributed by atoms with Crippen LogP contribution in [0.4, 0.5) is 5.69 Å². The molecule has 0 atom stereocenters. The summed E-state index contributed by atoms with van der Waals surface area (Å²) in [6, 6.07) is 5.97. The highest BCUT2D eigenvalue weighted by atomic mass is 79.9. The molecule has 1 fully saturated rings. The van der Waals surface area contributed by atoms with Gasteiger partial charge in [-0.15, -0.1) is 0 Å². The maximum absolute atomic E-state index is 5.62. The highest BCUT2D eigenvalue weighted by molar-refractivity contribution is 9.10. The van der Waals surface area contributed by atoms with Crippen molar-refractivity contribution in [3.63, 3.8) is 0 Å². The lowest BCUT2D eigenvalue weighted by atomic mass is 10.1. The Morgan fingerprint density at radius 2 is 2.00 bits per heavy atom. The van der Waals surface area contributed by atoms with Crippen molar-refractivity contribution in [2.45, 2.75) is 19.3 Å². The van der Waals surface area contributed by atoms with Crippen LogP contribution in [0.1, 0.15) is 24.8 Å². The second-order valence-corrected chi connectivity index (χ2v) is 5.51. The molecule has 0 unspecified atom stereocenters. The van der Waals surface area contributed by atoms with E-state index in [1.54, 1.807) is 0 Å². The van der Waals surface area contributed by atoms with Gasteiger partial charge >= 0.3 is 0 Å². The Bertz CT molecular complexity index is 416. The minimum absolute atomic E-state index is 0.418. The summed E-state index contributed by atoms with van der Waals surface area (Å²) in [6.07, 6.45) is 3.86. The number of rotatable bonds is 3. The Balaban J connectivity index is 2.06. The summed E-state index contributed by atoms with van der Waals surface area (Å²) in [7, 11) is 0. The van der Waals surface area contributed by atoms with Gasteiger partial charge in [-0.1, -0.05) is 18.6 Å². The van der Waals surface area contributed by atoms with Gasteiger partial charge in [0.1, 0.15) is 4.99 Å². The standard InChI is InChI=1S/C12H16BrN3S/c13-11-8-9(4-5-10(11)12(14)17)15-16-6-2-1-3-7-16/h4-5,8,15H,1-3,6-7H2,(H2,14,17). The van der Waals surface area contributed by atoms with Gasteiger partial charge in [0.05, 0.1) is 5.69 Å². The molecule has 0 amide bonds. The van der Waals surface area contributed by atoms with Crippen molar-refractivity contribution in [1.29, 1.82) is 0 Å². The molecule has 1 saturated heterocycles. The van der Waals surface area contributed by atoms with Crippen LogP contribution in [-0.2, 0) is 0 Å². The Kier molecular flexibility index (Phi) is 4.36. The van der Waals surface area contributed by atoms with Crippen LogP contribution in [0.2, 0.25) is 0 Å². The molecule has 0 bridgehead atoms. The number of anilines is 1. The van der Waals surface area contributed by atoms with Gasteiger partial charge in [-0.05, 0) is 47.0 Å². The molecule has 2 rings (SSSR count). The van der Waals surface area contributed by atoms with E-state index in [0.29, 0.717) is 4.99 Å². The Morgan fingerprint density at radius 3 is 2.59 bits per heavy atom. The monoisotopic (exact) mass is 313 g/mol. The quantitative estimate of drug-likeness (QED) is 0.842. The number of thiocarbonyl (C=S) groups is 1. The molecular weight excluding hydrogens is 298 g/mol. The van der Waals surface area contributed by atoms with E-state index in [9.17, 15) is 0 Å². The lowest BCUT2D eigenvalue weighted by Crippen LogP contribution is -2.34. The Labute approximate surface area is 115 Å². The predicted molar refractivity (Wildman–Crippen MR) is 79.1 cm³/mol. The maximum atomic E-state index is 5.62. The van der Waals surface area contributed by atoms with Crippen LogP contribution >= 0.6 is 28.1 Å². The number of hydrogen-bond acceptors (Lipinski definition) is 3. The summed E-state index contributed by atoms with van der Waals surface area (Å²) in [5.74, 6) is 0. The average molecular weight is 314 g/mol. The number of piperidine rings is 1. The van der Waals surface area contributed by atoms with Crippen molar-refractivity contribution >= 4 is 38.8 Å². The largest absolute Gasteiger partial charge is 0.389 e. The van der Waals surface area contributed by atoms with E-state index >= 15 is 0 Å². The summed E-state index contributed by atoms with van der Waals surface area (Å²) in [5.41, 5.74) is 11.0. The van der Waals surface area contributed by atoms with Crippen LogP contribution < -0.4 is 11.2 Å². The lowest BCUT2D eigenvalue weighted by Gasteiger charge is -2.28. The van der Waals surface area contributed by atoms with Crippen molar-refractivity contribution in [2.24, 2.45) is 5.73 Å². The third-order valence-corrected chi connectivity index (χ3v) is 3.75. The van der Waals surface area contributed by atoms with E-state index in [1.165, 1.54) is 19.3 Å². The summed E-state index contributed by atoms with van der Waals surface area (Å²) in [4.78, 5) is 0.418. The molecule has 1 aliphatic rings. The van der Waals surface area contributed by atoms with Crippen LogP contribution in [0.15, 0.2) is 22.7 Å². The van der Waals surface area contributed by atoms with Crippen LogP contribution in [0.3, 0.4) is 0 Å². The van der Waals surface area contributed by atoms with E-state index < -0.39 is 0 Å². The minimum Gasteiger partial charge on any atom is -0.389 e. The Morgan fingerprint density at radius 1 is 1.29 bits per heavy atom. The number of hydrazine groups is 1. The highest BCUT2D eigenvalue weighted by Crippen LogP contribution is 2.22. The first kappa shape index (κ1) is 12.8. The molecule has 0 aromatic heterocycles. The van der Waals surface area contributed by atoms with Crippen LogP contribution in [0.25, 0.3) is 0 Å². The fourth-order valence-corrected chi connectivity index (χ4v) is 2.87. The van der Waals surface area contributed by atoms with E-state index in [-0.39, 0.29) is 0 Å². The van der Waals surface area contributed by atoms with Crippen molar-refractivity contribution < 1.29 is 0 Å². The molecule has 1 aromatic carbocycles. The molecule has 92 valence electrons. The van der Waals surface area contributed by atoms with E-state index in [4.69, 9.17) is 18.0 Å². The predicted octanol–water partition coefficient (Wildman–Crippen LogP) is 2.90. The number of benzene rings is 1. The fraction of sp³-hybridized carbons (Fsp3) is 0.417. The smallest absolute Gasteiger partial charge is 0.105 e. The zero-order valence-electron chi connectivity index (χ0n) is 9.58. The van der Waals surface area contributed by atoms with Gasteiger partial charge in [-0.2, -0.15) is 0 Å². The topological polar surface area (TPSA) is 41.3 Å². The normalized spacial score (nSPS) is 16.8. The molecule has 5 heteroatoms. The number of hydrogen-bond donors (Lipinski definition) is 2. The van der Waals surface area contributed by atoms with Gasteiger partial charge in [0.2, 0.25) is 0 Å². The van der Waals surface area contributed by atoms with Crippen molar-refractivity contribution in [3.8, 4) is 0 Å². The fourth-order valence-electron chi connectivity index (χ4n) is 1.97. The van der Waals surface area contributed by atoms with Gasteiger partial charge in [0.15, 0.2) is 0 Å². The van der Waals surface area contributed by atoms with Crippen LogP contribution in [0.5, 0.6) is 0 Å². The zero-order chi connectivity index (χ0) is 12.3. The maximum Gasteiger partial charge on any atom is 0.105 e. The molecular formula is C12H16BrN3S. The first-order valence-corrected chi connectivity index (χ1v) is 6.98. The number of halogens is 1. The summed E-state index contributed by atoms with van der Waals surface area (Å²) in [6.45, 7) is 2.21. The molecule has 3 N–H and O–H groups in total. The lowest BCUT2D eigenvalue weighted by molar-refractivity contribution is 0.273. The van der Waals surface area contributed by atoms with Crippen molar-refractivity contribution in [3.05, 3.63) is 28.2 Å². The van der Waals surface area contributed by atoms with Crippen molar-refractivity contribution in [1.82, 2.24) is 5.01 Å². The molecule has 3 nitrogen and oxygen atoms in total. The zero-order valence-corrected chi connectivity index (χ0v) is 12.0. The molecule has 0 radical (unpaired) electrons. The van der Waals surface area contributed by atoms with Gasteiger partial charge in [0, 0.05) is 23.1 Å². The first-order chi connectivity index (χ1) is 8.16. The Hall–Kier alpha value is -0.650. The molecule has 0 spiro atoms.